The van der Waals surface area contributed by atoms with Crippen LogP contribution in [0, 0.1) is 18.7 Å². The van der Waals surface area contributed by atoms with E-state index < -0.39 is 23.3 Å². The number of benzene rings is 2. The Bertz CT molecular complexity index is 1520. The third-order valence-electron chi connectivity index (χ3n) is 8.19. The van der Waals surface area contributed by atoms with Gasteiger partial charge in [0.25, 0.3) is 11.8 Å². The lowest BCUT2D eigenvalue weighted by Crippen LogP contribution is -2.43. The highest BCUT2D eigenvalue weighted by atomic mass is 35.5. The second-order valence-electron chi connectivity index (χ2n) is 11.2. The molecule has 1 aliphatic heterocycles. The lowest BCUT2D eigenvalue weighted by molar-refractivity contribution is -0.127. The smallest absolute Gasteiger partial charge is 0.261 e. The third-order valence-corrected chi connectivity index (χ3v) is 8.48. The van der Waals surface area contributed by atoms with Crippen molar-refractivity contribution >= 4 is 34.3 Å². The summed E-state index contributed by atoms with van der Waals surface area (Å²) in [5, 5.41) is 6.19. The number of aromatic nitrogens is 1. The highest BCUT2D eigenvalue weighted by Crippen LogP contribution is 2.38. The molecule has 7 nitrogen and oxygen atoms in total. The quantitative estimate of drug-likeness (QED) is 0.458. The first-order valence-corrected chi connectivity index (χ1v) is 14.0. The predicted molar refractivity (Wildman–Crippen MR) is 147 cm³/mol. The minimum absolute atomic E-state index is 0.0262. The summed E-state index contributed by atoms with van der Waals surface area (Å²) in [6.07, 6.45) is 6.77. The van der Waals surface area contributed by atoms with Gasteiger partial charge in [-0.1, -0.05) is 29.3 Å². The molecule has 39 heavy (non-hydrogen) atoms. The first-order chi connectivity index (χ1) is 18.8. The molecule has 1 atom stereocenters. The maximum Gasteiger partial charge on any atom is 0.261 e. The standard InChI is InChI=1S/C30H31ClFN3O4/c1-16-2-9-26-18(10-16)11-27(39-26)30(38)33-14-17-3-5-19(6-4-17)34-29(37)22-15-35(20-7-8-20)25-13-23(31)24(32)12-21(25)28(22)36/h2,9-10,12-13,15,17,19-20,27H,3-8,11,14H2,1H3,(H,33,38)(H,34,37). The molecular formula is C30H31ClFN3O4. The molecule has 0 saturated heterocycles. The highest BCUT2D eigenvalue weighted by molar-refractivity contribution is 6.31. The number of fused-ring (bicyclic) bond motifs is 2. The molecule has 2 aromatic carbocycles. The molecule has 6 rings (SSSR count). The summed E-state index contributed by atoms with van der Waals surface area (Å²) in [7, 11) is 0. The molecular weight excluding hydrogens is 521 g/mol. The molecule has 3 aromatic rings. The monoisotopic (exact) mass is 551 g/mol. The number of hydrogen-bond acceptors (Lipinski definition) is 4. The Morgan fingerprint density at radius 1 is 1.10 bits per heavy atom. The van der Waals surface area contributed by atoms with Gasteiger partial charge in [0.1, 0.15) is 17.1 Å². The first-order valence-electron chi connectivity index (χ1n) is 13.7. The van der Waals surface area contributed by atoms with Crippen molar-refractivity contribution in [2.24, 2.45) is 5.92 Å². The molecule has 2 amide bonds. The molecule has 1 unspecified atom stereocenters. The minimum Gasteiger partial charge on any atom is -0.480 e. The summed E-state index contributed by atoms with van der Waals surface area (Å²) in [6, 6.07) is 8.67. The summed E-state index contributed by atoms with van der Waals surface area (Å²) in [5.74, 6) is -0.114. The summed E-state index contributed by atoms with van der Waals surface area (Å²) < 4.78 is 21.9. The van der Waals surface area contributed by atoms with E-state index in [-0.39, 0.29) is 34.0 Å². The summed E-state index contributed by atoms with van der Waals surface area (Å²) in [4.78, 5) is 39.0. The van der Waals surface area contributed by atoms with Crippen molar-refractivity contribution in [2.75, 3.05) is 6.54 Å². The van der Waals surface area contributed by atoms with Crippen molar-refractivity contribution in [3.63, 3.8) is 0 Å². The Kier molecular flexibility index (Phi) is 6.83. The molecule has 3 aliphatic rings. The van der Waals surface area contributed by atoms with E-state index in [0.717, 1.165) is 61.5 Å². The molecule has 204 valence electrons. The van der Waals surface area contributed by atoms with Gasteiger partial charge in [-0.3, -0.25) is 14.4 Å². The van der Waals surface area contributed by atoms with Crippen LogP contribution in [0.1, 0.15) is 66.1 Å². The number of halogens is 2. The van der Waals surface area contributed by atoms with Crippen LogP contribution >= 0.6 is 11.6 Å². The number of carbonyl (C=O) groups is 2. The van der Waals surface area contributed by atoms with Crippen molar-refractivity contribution in [3.05, 3.63) is 74.3 Å². The lowest BCUT2D eigenvalue weighted by atomic mass is 9.86. The van der Waals surface area contributed by atoms with Crippen LogP contribution in [-0.2, 0) is 11.2 Å². The number of nitrogens with one attached hydrogen (secondary N) is 2. The van der Waals surface area contributed by atoms with Crippen molar-refractivity contribution in [2.45, 2.75) is 70.1 Å². The molecule has 2 fully saturated rings. The Balaban J connectivity index is 1.04. The fraction of sp³-hybridized carbons (Fsp3) is 0.433. The van der Waals surface area contributed by atoms with Crippen molar-refractivity contribution in [3.8, 4) is 5.75 Å². The van der Waals surface area contributed by atoms with Crippen LogP contribution in [0.25, 0.3) is 10.9 Å². The number of nitrogens with zero attached hydrogens (tertiary/aromatic N) is 1. The van der Waals surface area contributed by atoms with Crippen LogP contribution in [0.5, 0.6) is 5.75 Å². The SMILES string of the molecule is Cc1ccc2c(c1)CC(C(=O)NCC1CCC(NC(=O)c3cn(C4CC4)c4cc(Cl)c(F)cc4c3=O)CC1)O2. The van der Waals surface area contributed by atoms with Crippen LogP contribution in [0.2, 0.25) is 5.02 Å². The van der Waals surface area contributed by atoms with Gasteiger partial charge in [0, 0.05) is 36.6 Å². The number of pyridine rings is 1. The van der Waals surface area contributed by atoms with E-state index in [1.807, 2.05) is 23.6 Å². The molecule has 2 aliphatic carbocycles. The van der Waals surface area contributed by atoms with Crippen LogP contribution in [0.3, 0.4) is 0 Å². The number of carbonyl (C=O) groups excluding carboxylic acids is 2. The van der Waals surface area contributed by atoms with Gasteiger partial charge in [-0.25, -0.2) is 4.39 Å². The van der Waals surface area contributed by atoms with Gasteiger partial charge < -0.3 is 19.9 Å². The normalized spacial score (nSPS) is 22.3. The largest absolute Gasteiger partial charge is 0.480 e. The third kappa shape index (κ3) is 5.26. The molecule has 2 saturated carbocycles. The molecule has 9 heteroatoms. The van der Waals surface area contributed by atoms with E-state index in [1.165, 1.54) is 6.07 Å². The van der Waals surface area contributed by atoms with Crippen molar-refractivity contribution in [1.82, 2.24) is 15.2 Å². The molecule has 2 heterocycles. The summed E-state index contributed by atoms with van der Waals surface area (Å²) in [6.45, 7) is 2.59. The number of aryl methyl sites for hydroxylation is 1. The molecule has 0 bridgehead atoms. The zero-order valence-corrected chi connectivity index (χ0v) is 22.5. The zero-order valence-electron chi connectivity index (χ0n) is 21.8. The summed E-state index contributed by atoms with van der Waals surface area (Å²) >= 11 is 5.98. The Labute approximate surface area is 230 Å². The van der Waals surface area contributed by atoms with E-state index in [9.17, 15) is 18.8 Å². The van der Waals surface area contributed by atoms with Gasteiger partial charge in [-0.15, -0.1) is 0 Å². The Morgan fingerprint density at radius 3 is 2.62 bits per heavy atom. The van der Waals surface area contributed by atoms with Crippen molar-refractivity contribution < 1.29 is 18.7 Å². The Hall–Kier alpha value is -3.39. The van der Waals surface area contributed by atoms with Gasteiger partial charge in [0.05, 0.1) is 10.5 Å². The van der Waals surface area contributed by atoms with Crippen LogP contribution in [0.15, 0.2) is 41.3 Å². The minimum atomic E-state index is -0.675. The van der Waals surface area contributed by atoms with Crippen LogP contribution < -0.4 is 20.8 Å². The molecule has 0 spiro atoms. The molecule has 2 N–H and O–H groups in total. The van der Waals surface area contributed by atoms with Gasteiger partial charge in [-0.2, -0.15) is 0 Å². The second-order valence-corrected chi connectivity index (χ2v) is 11.6. The summed E-state index contributed by atoms with van der Waals surface area (Å²) in [5.41, 5.74) is 2.30. The second kappa shape index (κ2) is 10.3. The van der Waals surface area contributed by atoms with Crippen LogP contribution in [-0.4, -0.2) is 35.1 Å². The maximum atomic E-state index is 14.2. The molecule has 0 radical (unpaired) electrons. The maximum absolute atomic E-state index is 14.2. The topological polar surface area (TPSA) is 89.4 Å². The van der Waals surface area contributed by atoms with Gasteiger partial charge in [0.2, 0.25) is 5.43 Å². The Morgan fingerprint density at radius 2 is 1.87 bits per heavy atom. The average Bonchev–Trinajstić information content (AvgIpc) is 3.67. The number of amides is 2. The number of rotatable bonds is 6. The van der Waals surface area contributed by atoms with E-state index in [0.29, 0.717) is 24.4 Å². The first kappa shape index (κ1) is 25.9. The highest BCUT2D eigenvalue weighted by Gasteiger charge is 2.31. The fourth-order valence-electron chi connectivity index (χ4n) is 5.82. The zero-order chi connectivity index (χ0) is 27.3. The predicted octanol–water partition coefficient (Wildman–Crippen LogP) is 4.85. The van der Waals surface area contributed by atoms with Gasteiger partial charge >= 0.3 is 0 Å². The van der Waals surface area contributed by atoms with Gasteiger partial charge in [-0.05, 0) is 75.1 Å². The fourth-order valence-corrected chi connectivity index (χ4v) is 5.98. The lowest BCUT2D eigenvalue weighted by Gasteiger charge is -2.29. The van der Waals surface area contributed by atoms with Gasteiger partial charge in [0.15, 0.2) is 6.10 Å². The molecule has 1 aromatic heterocycles. The number of ether oxygens (including phenoxy) is 1. The van der Waals surface area contributed by atoms with E-state index in [1.54, 1.807) is 6.20 Å². The average molecular weight is 552 g/mol. The van der Waals surface area contributed by atoms with Crippen LogP contribution in [0.4, 0.5) is 4.39 Å². The van der Waals surface area contributed by atoms with Crippen molar-refractivity contribution in [1.29, 1.82) is 0 Å². The van der Waals surface area contributed by atoms with E-state index in [2.05, 4.69) is 16.7 Å². The van der Waals surface area contributed by atoms with E-state index >= 15 is 0 Å². The number of hydrogen-bond donors (Lipinski definition) is 2. The van der Waals surface area contributed by atoms with E-state index in [4.69, 9.17) is 16.3 Å².